The largest absolute Gasteiger partial charge is 0.393 e. The highest BCUT2D eigenvalue weighted by atomic mass is 19.4. The number of carbonyl (C=O) groups excluding carboxylic acids is 2. The van der Waals surface area contributed by atoms with Gasteiger partial charge in [-0.25, -0.2) is 8.78 Å². The smallest absolute Gasteiger partial charge is 0.341 e. The minimum atomic E-state index is -4.37. The van der Waals surface area contributed by atoms with Gasteiger partial charge in [0.05, 0.1) is 24.4 Å². The molecular formula is C26H29F5N4O2. The number of carbonyl (C=O) groups is 2. The second-order valence-corrected chi connectivity index (χ2v) is 9.54. The molecule has 6 nitrogen and oxygen atoms in total. The van der Waals surface area contributed by atoms with Crippen molar-refractivity contribution in [1.29, 1.82) is 0 Å². The molecule has 2 aliphatic rings. The van der Waals surface area contributed by atoms with E-state index in [1.807, 2.05) is 0 Å². The van der Waals surface area contributed by atoms with Crippen LogP contribution in [0.5, 0.6) is 0 Å². The van der Waals surface area contributed by atoms with Crippen LogP contribution in [0.3, 0.4) is 0 Å². The van der Waals surface area contributed by atoms with Crippen molar-refractivity contribution >= 4 is 11.8 Å². The SMILES string of the molecule is N[C@@H](CC(=O)N1CCN(C(c2ccc(F)cc2)c2ccc(F)cc2)CC1)C(=O)N1CCC(C(F)(F)F)C1. The lowest BCUT2D eigenvalue weighted by Crippen LogP contribution is -2.52. The number of likely N-dealkylation sites (tertiary alicyclic amines) is 1. The third kappa shape index (κ3) is 6.45. The molecule has 2 amide bonds. The number of piperazine rings is 1. The van der Waals surface area contributed by atoms with Crippen LogP contribution in [0.2, 0.25) is 0 Å². The molecule has 1 unspecified atom stereocenters. The van der Waals surface area contributed by atoms with Gasteiger partial charge in [0.1, 0.15) is 11.6 Å². The molecule has 0 spiro atoms. The molecule has 200 valence electrons. The number of amides is 2. The Balaban J connectivity index is 1.36. The maximum atomic E-state index is 13.5. The van der Waals surface area contributed by atoms with E-state index in [0.29, 0.717) is 26.2 Å². The van der Waals surface area contributed by atoms with Gasteiger partial charge in [0.2, 0.25) is 11.8 Å². The third-order valence-electron chi connectivity index (χ3n) is 7.08. The number of rotatable bonds is 6. The van der Waals surface area contributed by atoms with Crippen molar-refractivity contribution in [2.24, 2.45) is 11.7 Å². The Hall–Kier alpha value is -3.05. The topological polar surface area (TPSA) is 69.9 Å². The third-order valence-corrected chi connectivity index (χ3v) is 7.08. The van der Waals surface area contributed by atoms with Gasteiger partial charge in [0.15, 0.2) is 0 Å². The van der Waals surface area contributed by atoms with Crippen molar-refractivity contribution in [2.45, 2.75) is 31.1 Å². The number of alkyl halides is 3. The summed E-state index contributed by atoms with van der Waals surface area (Å²) in [6.45, 7) is 1.16. The van der Waals surface area contributed by atoms with Gasteiger partial charge in [-0.2, -0.15) is 13.2 Å². The molecule has 2 fully saturated rings. The molecule has 4 rings (SSSR count). The quantitative estimate of drug-likeness (QED) is 0.589. The fourth-order valence-corrected chi connectivity index (χ4v) is 5.00. The van der Waals surface area contributed by atoms with Gasteiger partial charge < -0.3 is 15.5 Å². The van der Waals surface area contributed by atoms with E-state index in [-0.39, 0.29) is 43.0 Å². The van der Waals surface area contributed by atoms with Gasteiger partial charge in [-0.1, -0.05) is 24.3 Å². The van der Waals surface area contributed by atoms with Crippen LogP contribution in [-0.2, 0) is 9.59 Å². The predicted molar refractivity (Wildman–Crippen MR) is 126 cm³/mol. The highest BCUT2D eigenvalue weighted by Crippen LogP contribution is 2.34. The lowest BCUT2D eigenvalue weighted by molar-refractivity contribution is -0.171. The number of hydrogen-bond donors (Lipinski definition) is 1. The van der Waals surface area contributed by atoms with E-state index < -0.39 is 30.6 Å². The van der Waals surface area contributed by atoms with Crippen molar-refractivity contribution in [3.05, 3.63) is 71.3 Å². The first kappa shape index (κ1) is 27.0. The Bertz CT molecular complexity index is 1040. The summed E-state index contributed by atoms with van der Waals surface area (Å²) in [6.07, 6.45) is -4.82. The summed E-state index contributed by atoms with van der Waals surface area (Å²) in [5, 5.41) is 0. The molecule has 2 aliphatic heterocycles. The van der Waals surface area contributed by atoms with Crippen LogP contribution in [0.15, 0.2) is 48.5 Å². The summed E-state index contributed by atoms with van der Waals surface area (Å²) in [5.41, 5.74) is 7.56. The van der Waals surface area contributed by atoms with Crippen LogP contribution in [0, 0.1) is 17.6 Å². The second kappa shape index (κ2) is 11.1. The molecule has 0 bridgehead atoms. The summed E-state index contributed by atoms with van der Waals surface area (Å²) < 4.78 is 65.8. The Morgan fingerprint density at radius 3 is 1.81 bits per heavy atom. The van der Waals surface area contributed by atoms with Gasteiger partial charge >= 0.3 is 6.18 Å². The summed E-state index contributed by atoms with van der Waals surface area (Å²) in [5.74, 6) is -3.29. The highest BCUT2D eigenvalue weighted by molar-refractivity contribution is 5.88. The summed E-state index contributed by atoms with van der Waals surface area (Å²) in [4.78, 5) is 30.2. The maximum absolute atomic E-state index is 13.5. The first-order valence-corrected chi connectivity index (χ1v) is 12.2. The zero-order chi connectivity index (χ0) is 26.7. The lowest BCUT2D eigenvalue weighted by atomic mass is 9.96. The van der Waals surface area contributed by atoms with Crippen LogP contribution < -0.4 is 5.73 Å². The van der Waals surface area contributed by atoms with Crippen molar-refractivity contribution in [3.63, 3.8) is 0 Å². The molecule has 0 radical (unpaired) electrons. The Labute approximate surface area is 211 Å². The molecule has 2 N–H and O–H groups in total. The van der Waals surface area contributed by atoms with E-state index >= 15 is 0 Å². The van der Waals surface area contributed by atoms with Gasteiger partial charge in [-0.3, -0.25) is 14.5 Å². The maximum Gasteiger partial charge on any atom is 0.393 e. The van der Waals surface area contributed by atoms with Gasteiger partial charge in [0.25, 0.3) is 0 Å². The summed E-state index contributed by atoms with van der Waals surface area (Å²) >= 11 is 0. The first-order valence-electron chi connectivity index (χ1n) is 12.2. The van der Waals surface area contributed by atoms with E-state index in [1.54, 1.807) is 29.2 Å². The Morgan fingerprint density at radius 2 is 1.35 bits per heavy atom. The van der Waals surface area contributed by atoms with E-state index in [9.17, 15) is 31.5 Å². The number of hydrogen-bond acceptors (Lipinski definition) is 4. The van der Waals surface area contributed by atoms with Crippen LogP contribution >= 0.6 is 0 Å². The molecule has 2 aromatic carbocycles. The molecule has 11 heteroatoms. The number of nitrogens with two attached hydrogens (primary N) is 1. The monoisotopic (exact) mass is 524 g/mol. The second-order valence-electron chi connectivity index (χ2n) is 9.54. The summed E-state index contributed by atoms with van der Waals surface area (Å²) in [6, 6.07) is 10.7. The molecule has 37 heavy (non-hydrogen) atoms. The van der Waals surface area contributed by atoms with E-state index in [1.165, 1.54) is 24.3 Å². The fourth-order valence-electron chi connectivity index (χ4n) is 5.00. The fraction of sp³-hybridized carbons (Fsp3) is 0.462. The normalized spacial score (nSPS) is 19.9. The van der Waals surface area contributed by atoms with Crippen molar-refractivity contribution in [3.8, 4) is 0 Å². The zero-order valence-electron chi connectivity index (χ0n) is 20.1. The molecule has 2 atom stereocenters. The van der Waals surface area contributed by atoms with Gasteiger partial charge in [0, 0.05) is 39.3 Å². The minimum Gasteiger partial charge on any atom is -0.341 e. The Morgan fingerprint density at radius 1 is 0.838 bits per heavy atom. The average Bonchev–Trinajstić information content (AvgIpc) is 3.37. The number of halogens is 5. The molecule has 2 aromatic rings. The first-order chi connectivity index (χ1) is 17.5. The lowest BCUT2D eigenvalue weighted by Gasteiger charge is -2.40. The molecule has 2 saturated heterocycles. The number of nitrogens with zero attached hydrogens (tertiary/aromatic N) is 3. The van der Waals surface area contributed by atoms with Crippen LogP contribution in [0.1, 0.15) is 30.0 Å². The molecule has 2 heterocycles. The van der Waals surface area contributed by atoms with E-state index in [4.69, 9.17) is 5.73 Å². The van der Waals surface area contributed by atoms with Crippen molar-refractivity contribution < 1.29 is 31.5 Å². The van der Waals surface area contributed by atoms with Gasteiger partial charge in [-0.05, 0) is 41.8 Å². The van der Waals surface area contributed by atoms with Crippen molar-refractivity contribution in [2.75, 3.05) is 39.3 Å². The van der Waals surface area contributed by atoms with Gasteiger partial charge in [-0.15, -0.1) is 0 Å². The van der Waals surface area contributed by atoms with Crippen LogP contribution in [-0.4, -0.2) is 78.0 Å². The van der Waals surface area contributed by atoms with E-state index in [2.05, 4.69) is 4.90 Å². The van der Waals surface area contributed by atoms with Crippen LogP contribution in [0.25, 0.3) is 0 Å². The molecule has 0 aliphatic carbocycles. The highest BCUT2D eigenvalue weighted by Gasteiger charge is 2.45. The van der Waals surface area contributed by atoms with Crippen molar-refractivity contribution in [1.82, 2.24) is 14.7 Å². The van der Waals surface area contributed by atoms with Crippen LogP contribution in [0.4, 0.5) is 22.0 Å². The minimum absolute atomic E-state index is 0.0300. The molecule has 0 aromatic heterocycles. The zero-order valence-corrected chi connectivity index (χ0v) is 20.1. The molecular weight excluding hydrogens is 495 g/mol. The molecule has 0 saturated carbocycles. The predicted octanol–water partition coefficient (Wildman–Crippen LogP) is 3.33. The Kier molecular flexibility index (Phi) is 8.13. The number of benzene rings is 2. The summed E-state index contributed by atoms with van der Waals surface area (Å²) in [7, 11) is 0. The van der Waals surface area contributed by atoms with E-state index in [0.717, 1.165) is 16.0 Å². The standard InChI is InChI=1S/C26H29F5N4O2/c27-20-5-1-17(2-6-20)24(18-3-7-21(28)8-4-18)34-13-11-33(12-14-34)23(36)15-22(32)25(37)35-10-9-19(16-35)26(29,30)31/h1-8,19,22,24H,9-16,32H2/t19?,22-/m0/s1. The average molecular weight is 525 g/mol.